The Bertz CT molecular complexity index is 376. The Balaban J connectivity index is 2.29. The van der Waals surface area contributed by atoms with Gasteiger partial charge in [0.05, 0.1) is 6.54 Å². The first-order valence-electron chi connectivity index (χ1n) is 4.66. The van der Waals surface area contributed by atoms with Crippen molar-refractivity contribution >= 4 is 0 Å². The summed E-state index contributed by atoms with van der Waals surface area (Å²) in [4.78, 5) is 0. The van der Waals surface area contributed by atoms with E-state index in [-0.39, 0.29) is 0 Å². The minimum absolute atomic E-state index is 0.425. The molecule has 2 rings (SSSR count). The van der Waals surface area contributed by atoms with Gasteiger partial charge < -0.3 is 10.2 Å². The van der Waals surface area contributed by atoms with Gasteiger partial charge in [0.1, 0.15) is 11.5 Å². The second-order valence-electron chi connectivity index (χ2n) is 3.03. The van der Waals surface area contributed by atoms with Gasteiger partial charge in [0.2, 0.25) is 0 Å². The smallest absolute Gasteiger partial charge is 0.154 e. The molecule has 0 bridgehead atoms. The van der Waals surface area contributed by atoms with Gasteiger partial charge in [0, 0.05) is 12.7 Å². The van der Waals surface area contributed by atoms with Crippen molar-refractivity contribution in [3.05, 3.63) is 30.2 Å². The van der Waals surface area contributed by atoms with E-state index in [9.17, 15) is 0 Å². The molecule has 0 aliphatic carbocycles. The maximum absolute atomic E-state index is 5.48. The lowest BCUT2D eigenvalue weighted by Crippen LogP contribution is -1.94. The number of nitrogens with zero attached hydrogens (tertiary/aromatic N) is 2. The summed E-state index contributed by atoms with van der Waals surface area (Å²) in [6, 6.07) is 5.70. The van der Waals surface area contributed by atoms with E-state index in [1.807, 2.05) is 36.0 Å². The van der Waals surface area contributed by atoms with Gasteiger partial charge in [-0.1, -0.05) is 0 Å². The molecule has 2 heterocycles. The Morgan fingerprint density at radius 3 is 2.86 bits per heavy atom. The average molecular weight is 191 g/mol. The van der Waals surface area contributed by atoms with Gasteiger partial charge >= 0.3 is 0 Å². The number of hydrogen-bond donors (Lipinski definition) is 1. The molecule has 4 heteroatoms. The number of nitrogens with two attached hydrogens (primary N) is 1. The van der Waals surface area contributed by atoms with E-state index in [0.717, 1.165) is 23.8 Å². The molecule has 2 aromatic rings. The number of furan rings is 1. The molecule has 14 heavy (non-hydrogen) atoms. The molecule has 2 N–H and O–H groups in total. The largest absolute Gasteiger partial charge is 0.458 e. The molecule has 0 unspecified atom stereocenters. The van der Waals surface area contributed by atoms with Crippen LogP contribution in [-0.2, 0) is 13.1 Å². The van der Waals surface area contributed by atoms with Crippen molar-refractivity contribution in [2.24, 2.45) is 5.73 Å². The quantitative estimate of drug-likeness (QED) is 0.802. The summed E-state index contributed by atoms with van der Waals surface area (Å²) in [5, 5.41) is 4.33. The molecule has 0 radical (unpaired) electrons. The summed E-state index contributed by atoms with van der Waals surface area (Å²) in [7, 11) is 0. The Hall–Kier alpha value is -1.55. The van der Waals surface area contributed by atoms with Gasteiger partial charge in [-0.25, -0.2) is 0 Å². The normalized spacial score (nSPS) is 10.7. The Labute approximate surface area is 82.3 Å². The van der Waals surface area contributed by atoms with Crippen molar-refractivity contribution < 1.29 is 4.42 Å². The third-order valence-electron chi connectivity index (χ3n) is 2.08. The number of aromatic nitrogens is 2. The van der Waals surface area contributed by atoms with Crippen molar-refractivity contribution in [3.63, 3.8) is 0 Å². The highest BCUT2D eigenvalue weighted by Crippen LogP contribution is 2.19. The van der Waals surface area contributed by atoms with E-state index >= 15 is 0 Å². The van der Waals surface area contributed by atoms with Crippen molar-refractivity contribution in [2.45, 2.75) is 20.0 Å². The van der Waals surface area contributed by atoms with Gasteiger partial charge in [-0.3, -0.25) is 4.68 Å². The summed E-state index contributed by atoms with van der Waals surface area (Å²) >= 11 is 0. The fourth-order valence-corrected chi connectivity index (χ4v) is 1.29. The zero-order valence-electron chi connectivity index (χ0n) is 8.10. The highest BCUT2D eigenvalue weighted by atomic mass is 16.3. The molecule has 0 aromatic carbocycles. The van der Waals surface area contributed by atoms with Gasteiger partial charge in [0.25, 0.3) is 0 Å². The van der Waals surface area contributed by atoms with Gasteiger partial charge in [-0.2, -0.15) is 5.10 Å². The molecule has 4 nitrogen and oxygen atoms in total. The molecular formula is C10H13N3O. The van der Waals surface area contributed by atoms with Crippen LogP contribution in [0.15, 0.2) is 28.8 Å². The van der Waals surface area contributed by atoms with Crippen LogP contribution in [0.1, 0.15) is 12.7 Å². The standard InChI is InChI=1S/C10H13N3O/c1-2-13-6-5-9(12-13)10-4-3-8(7-11)14-10/h3-6H,2,7,11H2,1H3. The average Bonchev–Trinajstić information content (AvgIpc) is 2.86. The molecule has 0 atom stereocenters. The predicted molar refractivity (Wildman–Crippen MR) is 53.5 cm³/mol. The van der Waals surface area contributed by atoms with Crippen LogP contribution in [0.4, 0.5) is 0 Å². The van der Waals surface area contributed by atoms with Crippen LogP contribution in [-0.4, -0.2) is 9.78 Å². The fraction of sp³-hybridized carbons (Fsp3) is 0.300. The van der Waals surface area contributed by atoms with Gasteiger partial charge in [-0.15, -0.1) is 0 Å². The Morgan fingerprint density at radius 1 is 1.43 bits per heavy atom. The van der Waals surface area contributed by atoms with Crippen molar-refractivity contribution in [2.75, 3.05) is 0 Å². The van der Waals surface area contributed by atoms with Crippen LogP contribution in [0, 0.1) is 0 Å². The molecule has 2 aromatic heterocycles. The monoisotopic (exact) mass is 191 g/mol. The maximum atomic E-state index is 5.48. The Morgan fingerprint density at radius 2 is 2.29 bits per heavy atom. The first-order chi connectivity index (χ1) is 6.83. The minimum atomic E-state index is 0.425. The van der Waals surface area contributed by atoms with Crippen LogP contribution < -0.4 is 5.73 Å². The lowest BCUT2D eigenvalue weighted by molar-refractivity contribution is 0.521. The number of aryl methyl sites for hydroxylation is 1. The molecule has 0 spiro atoms. The predicted octanol–water partition coefficient (Wildman–Crippen LogP) is 1.62. The molecule has 0 fully saturated rings. The minimum Gasteiger partial charge on any atom is -0.458 e. The van der Waals surface area contributed by atoms with Crippen molar-refractivity contribution in [3.8, 4) is 11.5 Å². The van der Waals surface area contributed by atoms with Gasteiger partial charge in [0.15, 0.2) is 5.76 Å². The number of hydrogen-bond acceptors (Lipinski definition) is 3. The van der Waals surface area contributed by atoms with E-state index in [2.05, 4.69) is 5.10 Å². The van der Waals surface area contributed by atoms with Crippen LogP contribution in [0.3, 0.4) is 0 Å². The van der Waals surface area contributed by atoms with E-state index < -0.39 is 0 Å². The van der Waals surface area contributed by atoms with Crippen LogP contribution in [0.5, 0.6) is 0 Å². The fourth-order valence-electron chi connectivity index (χ4n) is 1.29. The summed E-state index contributed by atoms with van der Waals surface area (Å²) in [6.07, 6.45) is 1.93. The first kappa shape index (κ1) is 9.02. The van der Waals surface area contributed by atoms with Crippen molar-refractivity contribution in [1.29, 1.82) is 0 Å². The second kappa shape index (κ2) is 3.67. The van der Waals surface area contributed by atoms with Crippen LogP contribution in [0.2, 0.25) is 0 Å². The first-order valence-corrected chi connectivity index (χ1v) is 4.66. The van der Waals surface area contributed by atoms with E-state index in [0.29, 0.717) is 6.54 Å². The molecule has 74 valence electrons. The SMILES string of the molecule is CCn1ccc(-c2ccc(CN)o2)n1. The molecule has 0 aliphatic rings. The zero-order chi connectivity index (χ0) is 9.97. The third-order valence-corrected chi connectivity index (χ3v) is 2.08. The summed E-state index contributed by atoms with van der Waals surface area (Å²) in [6.45, 7) is 3.34. The highest BCUT2D eigenvalue weighted by Gasteiger charge is 2.06. The summed E-state index contributed by atoms with van der Waals surface area (Å²) < 4.78 is 7.34. The molecule has 0 amide bonds. The van der Waals surface area contributed by atoms with E-state index in [1.165, 1.54) is 0 Å². The second-order valence-corrected chi connectivity index (χ2v) is 3.03. The van der Waals surface area contributed by atoms with E-state index in [4.69, 9.17) is 10.2 Å². The summed E-state index contributed by atoms with van der Waals surface area (Å²) in [5.74, 6) is 1.56. The number of rotatable bonds is 3. The molecule has 0 saturated carbocycles. The highest BCUT2D eigenvalue weighted by molar-refractivity contribution is 5.51. The van der Waals surface area contributed by atoms with E-state index in [1.54, 1.807) is 0 Å². The molecule has 0 saturated heterocycles. The molecule has 0 aliphatic heterocycles. The Kier molecular flexibility index (Phi) is 2.37. The topological polar surface area (TPSA) is 57.0 Å². The lowest BCUT2D eigenvalue weighted by Gasteiger charge is -1.92. The third kappa shape index (κ3) is 1.56. The summed E-state index contributed by atoms with van der Waals surface area (Å²) in [5.41, 5.74) is 6.31. The zero-order valence-corrected chi connectivity index (χ0v) is 8.10. The van der Waals surface area contributed by atoms with Crippen LogP contribution in [0.25, 0.3) is 11.5 Å². The lowest BCUT2D eigenvalue weighted by atomic mass is 10.3. The molecular weight excluding hydrogens is 178 g/mol. The van der Waals surface area contributed by atoms with Gasteiger partial charge in [-0.05, 0) is 25.1 Å². The van der Waals surface area contributed by atoms with Crippen molar-refractivity contribution in [1.82, 2.24) is 9.78 Å². The maximum Gasteiger partial charge on any atom is 0.154 e. The van der Waals surface area contributed by atoms with Crippen LogP contribution >= 0.6 is 0 Å².